The lowest BCUT2D eigenvalue weighted by Crippen LogP contribution is -2.36. The molecule has 4 heteroatoms. The van der Waals surface area contributed by atoms with E-state index in [1.165, 1.54) is 6.42 Å². The molecule has 1 aromatic rings. The lowest BCUT2D eigenvalue weighted by Gasteiger charge is -2.34. The van der Waals surface area contributed by atoms with E-state index in [9.17, 15) is 5.11 Å². The fourth-order valence-electron chi connectivity index (χ4n) is 2.64. The van der Waals surface area contributed by atoms with Gasteiger partial charge >= 0.3 is 0 Å². The highest BCUT2D eigenvalue weighted by atomic mass is 16.5. The van der Waals surface area contributed by atoms with Gasteiger partial charge in [0.1, 0.15) is 11.5 Å². The van der Waals surface area contributed by atoms with E-state index in [0.29, 0.717) is 17.4 Å². The van der Waals surface area contributed by atoms with Crippen LogP contribution in [0.2, 0.25) is 0 Å². The van der Waals surface area contributed by atoms with Gasteiger partial charge in [-0.1, -0.05) is 6.42 Å². The second kappa shape index (κ2) is 5.80. The van der Waals surface area contributed by atoms with E-state index in [-0.39, 0.29) is 0 Å². The Balaban J connectivity index is 2.35. The summed E-state index contributed by atoms with van der Waals surface area (Å²) in [4.78, 5) is 0. The van der Waals surface area contributed by atoms with Crippen LogP contribution >= 0.6 is 0 Å². The second-order valence-electron chi connectivity index (χ2n) is 5.29. The summed E-state index contributed by atoms with van der Waals surface area (Å²) in [6.07, 6.45) is 2.73. The first-order valence-corrected chi connectivity index (χ1v) is 6.74. The van der Waals surface area contributed by atoms with Gasteiger partial charge in [-0.3, -0.25) is 0 Å². The number of benzene rings is 1. The molecule has 0 radical (unpaired) electrons. The molecule has 106 valence electrons. The predicted octanol–water partition coefficient (Wildman–Crippen LogP) is 2.17. The summed E-state index contributed by atoms with van der Waals surface area (Å²) in [7, 11) is 3.22. The van der Waals surface area contributed by atoms with Crippen LogP contribution in [0.3, 0.4) is 0 Å². The fourth-order valence-corrected chi connectivity index (χ4v) is 2.64. The Morgan fingerprint density at radius 1 is 1.21 bits per heavy atom. The van der Waals surface area contributed by atoms with Crippen molar-refractivity contribution in [3.63, 3.8) is 0 Å². The molecule has 1 aliphatic carbocycles. The molecular formula is C15H23NO3. The minimum Gasteiger partial charge on any atom is -0.496 e. The van der Waals surface area contributed by atoms with Crippen molar-refractivity contribution in [2.45, 2.75) is 38.3 Å². The van der Waals surface area contributed by atoms with Crippen molar-refractivity contribution in [1.29, 1.82) is 0 Å². The van der Waals surface area contributed by atoms with Gasteiger partial charge in [0.2, 0.25) is 0 Å². The summed E-state index contributed by atoms with van der Waals surface area (Å²) in [6.45, 7) is 1.97. The molecule has 2 rings (SSSR count). The quantitative estimate of drug-likeness (QED) is 0.856. The van der Waals surface area contributed by atoms with E-state index in [1.807, 2.05) is 19.1 Å². The normalized spacial score (nSPS) is 18.6. The number of nitrogens with two attached hydrogens (primary N) is 1. The van der Waals surface area contributed by atoms with Crippen LogP contribution in [0, 0.1) is 12.8 Å². The molecule has 0 unspecified atom stereocenters. The minimum atomic E-state index is -0.542. The summed E-state index contributed by atoms with van der Waals surface area (Å²) < 4.78 is 10.8. The van der Waals surface area contributed by atoms with E-state index in [2.05, 4.69) is 0 Å². The maximum absolute atomic E-state index is 10.4. The average molecular weight is 265 g/mol. The molecule has 0 amide bonds. The molecule has 0 saturated heterocycles. The fraction of sp³-hybridized carbons (Fsp3) is 0.600. The van der Waals surface area contributed by atoms with Crippen molar-refractivity contribution in [1.82, 2.24) is 0 Å². The number of aliphatic hydroxyl groups excluding tert-OH is 1. The van der Waals surface area contributed by atoms with Gasteiger partial charge in [-0.15, -0.1) is 0 Å². The summed E-state index contributed by atoms with van der Waals surface area (Å²) in [6, 6.07) is 3.37. The van der Waals surface area contributed by atoms with E-state index in [0.717, 1.165) is 24.0 Å². The van der Waals surface area contributed by atoms with Crippen molar-refractivity contribution >= 4 is 0 Å². The van der Waals surface area contributed by atoms with Gasteiger partial charge in [0.05, 0.1) is 31.9 Å². The molecule has 1 aliphatic rings. The molecule has 0 aromatic heterocycles. The van der Waals surface area contributed by atoms with Crippen LogP contribution in [0.15, 0.2) is 12.1 Å². The molecule has 0 bridgehead atoms. The number of aliphatic hydroxyl groups is 1. The first-order valence-electron chi connectivity index (χ1n) is 6.74. The maximum atomic E-state index is 10.4. The maximum Gasteiger partial charge on any atom is 0.127 e. The zero-order valence-corrected chi connectivity index (χ0v) is 11.8. The van der Waals surface area contributed by atoms with Gasteiger partial charge in [0, 0.05) is 0 Å². The zero-order chi connectivity index (χ0) is 14.0. The molecule has 1 aromatic carbocycles. The van der Waals surface area contributed by atoms with Crippen LogP contribution in [-0.2, 0) is 0 Å². The van der Waals surface area contributed by atoms with Crippen molar-refractivity contribution in [3.05, 3.63) is 23.3 Å². The van der Waals surface area contributed by atoms with E-state index in [4.69, 9.17) is 15.2 Å². The van der Waals surface area contributed by atoms with Gasteiger partial charge < -0.3 is 20.3 Å². The van der Waals surface area contributed by atoms with Crippen molar-refractivity contribution in [3.8, 4) is 11.5 Å². The third-order valence-electron chi connectivity index (χ3n) is 4.02. The van der Waals surface area contributed by atoms with Crippen LogP contribution in [-0.4, -0.2) is 25.4 Å². The number of ether oxygens (including phenoxy) is 2. The Morgan fingerprint density at radius 2 is 1.74 bits per heavy atom. The topological polar surface area (TPSA) is 64.7 Å². The van der Waals surface area contributed by atoms with Gasteiger partial charge in [0.25, 0.3) is 0 Å². The highest BCUT2D eigenvalue weighted by molar-refractivity contribution is 5.50. The van der Waals surface area contributed by atoms with Crippen LogP contribution in [0.1, 0.15) is 36.4 Å². The highest BCUT2D eigenvalue weighted by Gasteiger charge is 2.33. The number of methoxy groups -OCH3 is 2. The van der Waals surface area contributed by atoms with E-state index in [1.54, 1.807) is 14.2 Å². The van der Waals surface area contributed by atoms with Crippen molar-refractivity contribution in [2.75, 3.05) is 14.2 Å². The summed E-state index contributed by atoms with van der Waals surface area (Å²) in [5.74, 6) is 1.66. The smallest absolute Gasteiger partial charge is 0.127 e. The Kier molecular flexibility index (Phi) is 4.32. The average Bonchev–Trinajstić information content (AvgIpc) is 2.34. The Labute approximate surface area is 114 Å². The predicted molar refractivity (Wildman–Crippen MR) is 74.6 cm³/mol. The highest BCUT2D eigenvalue weighted by Crippen LogP contribution is 2.40. The first kappa shape index (κ1) is 14.2. The van der Waals surface area contributed by atoms with Gasteiger partial charge in [-0.2, -0.15) is 0 Å². The zero-order valence-electron chi connectivity index (χ0n) is 11.8. The summed E-state index contributed by atoms with van der Waals surface area (Å²) in [5, 5.41) is 10.4. The Bertz CT molecular complexity index is 418. The molecule has 4 nitrogen and oxygen atoms in total. The van der Waals surface area contributed by atoms with Crippen molar-refractivity contribution < 1.29 is 14.6 Å². The van der Waals surface area contributed by atoms with Crippen LogP contribution in [0.4, 0.5) is 0 Å². The number of hydrogen-bond acceptors (Lipinski definition) is 4. The molecule has 3 N–H and O–H groups in total. The van der Waals surface area contributed by atoms with Gasteiger partial charge in [0.15, 0.2) is 0 Å². The van der Waals surface area contributed by atoms with Crippen LogP contribution < -0.4 is 15.2 Å². The van der Waals surface area contributed by atoms with Crippen LogP contribution in [0.25, 0.3) is 0 Å². The minimum absolute atomic E-state index is 0.297. The molecule has 1 saturated carbocycles. The standard InChI is InChI=1S/C15H23NO3/c1-9-7-11(18-2)13(12(8-9)19-3)14(16)15(17)10-5-4-6-10/h7-8,10,14-15,17H,4-6,16H2,1-3H3/t14-,15+/m1/s1. The molecule has 19 heavy (non-hydrogen) atoms. The lowest BCUT2D eigenvalue weighted by atomic mass is 9.77. The summed E-state index contributed by atoms with van der Waals surface area (Å²) in [5.41, 5.74) is 8.05. The third-order valence-corrected chi connectivity index (χ3v) is 4.02. The number of hydrogen-bond donors (Lipinski definition) is 2. The van der Waals surface area contributed by atoms with Gasteiger partial charge in [-0.25, -0.2) is 0 Å². The third kappa shape index (κ3) is 2.69. The lowest BCUT2D eigenvalue weighted by molar-refractivity contribution is 0.0401. The monoisotopic (exact) mass is 265 g/mol. The largest absolute Gasteiger partial charge is 0.496 e. The summed E-state index contributed by atoms with van der Waals surface area (Å²) >= 11 is 0. The van der Waals surface area contributed by atoms with Crippen molar-refractivity contribution in [2.24, 2.45) is 11.7 Å². The van der Waals surface area contributed by atoms with Gasteiger partial charge in [-0.05, 0) is 43.4 Å². The molecule has 1 fully saturated rings. The number of aryl methyl sites for hydroxylation is 1. The van der Waals surface area contributed by atoms with E-state index < -0.39 is 12.1 Å². The SMILES string of the molecule is COc1cc(C)cc(OC)c1[C@@H](N)[C@@H](O)C1CCC1. The van der Waals surface area contributed by atoms with Crippen LogP contribution in [0.5, 0.6) is 11.5 Å². The molecule has 0 spiro atoms. The Morgan fingerprint density at radius 3 is 2.11 bits per heavy atom. The second-order valence-corrected chi connectivity index (χ2v) is 5.29. The molecule has 2 atom stereocenters. The molecule has 0 aliphatic heterocycles. The van der Waals surface area contributed by atoms with E-state index >= 15 is 0 Å². The molecular weight excluding hydrogens is 242 g/mol. The number of rotatable bonds is 5. The Hall–Kier alpha value is -1.26. The first-order chi connectivity index (χ1) is 9.08. The molecule has 0 heterocycles.